The lowest BCUT2D eigenvalue weighted by Gasteiger charge is -2.20. The van der Waals surface area contributed by atoms with Gasteiger partial charge >= 0.3 is 5.97 Å². The molecular formula is C10H12N2O4. The van der Waals surface area contributed by atoms with Gasteiger partial charge < -0.3 is 10.0 Å². The van der Waals surface area contributed by atoms with Crippen molar-refractivity contribution in [2.75, 3.05) is 18.0 Å². The van der Waals surface area contributed by atoms with Crippen molar-refractivity contribution >= 4 is 17.3 Å². The predicted octanol–water partition coefficient (Wildman–Crippen LogP) is 1.51. The number of benzene rings is 1. The lowest BCUT2D eigenvalue weighted by Crippen LogP contribution is -2.29. The van der Waals surface area contributed by atoms with E-state index in [1.165, 1.54) is 18.2 Å². The Morgan fingerprint density at radius 3 is 2.75 bits per heavy atom. The zero-order valence-electron chi connectivity index (χ0n) is 8.79. The molecule has 0 unspecified atom stereocenters. The van der Waals surface area contributed by atoms with Gasteiger partial charge in [-0.15, -0.1) is 0 Å². The number of nitrogens with zero attached hydrogens (tertiary/aromatic N) is 2. The van der Waals surface area contributed by atoms with Crippen LogP contribution in [-0.4, -0.2) is 29.1 Å². The molecule has 6 nitrogen and oxygen atoms in total. The first-order valence-corrected chi connectivity index (χ1v) is 4.75. The van der Waals surface area contributed by atoms with Crippen LogP contribution in [0.2, 0.25) is 0 Å². The van der Waals surface area contributed by atoms with Gasteiger partial charge in [0.15, 0.2) is 0 Å². The Bertz CT molecular complexity index is 406. The highest BCUT2D eigenvalue weighted by atomic mass is 16.6. The van der Waals surface area contributed by atoms with E-state index < -0.39 is 10.9 Å². The summed E-state index contributed by atoms with van der Waals surface area (Å²) in [6.07, 6.45) is 0. The number of nitro benzene ring substituents is 1. The minimum Gasteiger partial charge on any atom is -0.480 e. The van der Waals surface area contributed by atoms with Gasteiger partial charge in [-0.05, 0) is 13.0 Å². The van der Waals surface area contributed by atoms with Crippen LogP contribution >= 0.6 is 0 Å². The summed E-state index contributed by atoms with van der Waals surface area (Å²) in [5, 5.41) is 19.2. The summed E-state index contributed by atoms with van der Waals surface area (Å²) < 4.78 is 0. The van der Waals surface area contributed by atoms with E-state index in [2.05, 4.69) is 0 Å². The molecule has 1 N–H and O–H groups in total. The van der Waals surface area contributed by atoms with Gasteiger partial charge in [-0.1, -0.05) is 6.07 Å². The highest BCUT2D eigenvalue weighted by Crippen LogP contribution is 2.20. The summed E-state index contributed by atoms with van der Waals surface area (Å²) in [7, 11) is 0. The van der Waals surface area contributed by atoms with Crippen LogP contribution in [0.25, 0.3) is 0 Å². The third-order valence-corrected chi connectivity index (χ3v) is 2.11. The van der Waals surface area contributed by atoms with Crippen molar-refractivity contribution in [1.82, 2.24) is 0 Å². The quantitative estimate of drug-likeness (QED) is 0.605. The van der Waals surface area contributed by atoms with Crippen molar-refractivity contribution in [2.24, 2.45) is 0 Å². The first kappa shape index (κ1) is 12.0. The highest BCUT2D eigenvalue weighted by Gasteiger charge is 2.12. The molecule has 0 amide bonds. The molecule has 0 bridgehead atoms. The van der Waals surface area contributed by atoms with Gasteiger partial charge in [0.25, 0.3) is 5.69 Å². The largest absolute Gasteiger partial charge is 0.480 e. The summed E-state index contributed by atoms with van der Waals surface area (Å²) in [6, 6.07) is 5.93. The van der Waals surface area contributed by atoms with Crippen LogP contribution in [-0.2, 0) is 4.79 Å². The zero-order valence-corrected chi connectivity index (χ0v) is 8.79. The first-order valence-electron chi connectivity index (χ1n) is 4.75. The number of nitro groups is 1. The Hall–Kier alpha value is -2.11. The van der Waals surface area contributed by atoms with E-state index in [4.69, 9.17) is 5.11 Å². The van der Waals surface area contributed by atoms with Crippen LogP contribution in [0.15, 0.2) is 24.3 Å². The van der Waals surface area contributed by atoms with Crippen LogP contribution in [0.3, 0.4) is 0 Å². The number of carboxylic acids is 1. The van der Waals surface area contributed by atoms with Crippen LogP contribution in [0.4, 0.5) is 11.4 Å². The van der Waals surface area contributed by atoms with Gasteiger partial charge in [0, 0.05) is 24.4 Å². The fourth-order valence-corrected chi connectivity index (χ4v) is 1.35. The summed E-state index contributed by atoms with van der Waals surface area (Å²) in [5.41, 5.74) is 0.500. The Morgan fingerprint density at radius 1 is 1.56 bits per heavy atom. The lowest BCUT2D eigenvalue weighted by atomic mass is 10.2. The SMILES string of the molecule is CCN(CC(=O)O)c1cccc([N+](=O)[O-])c1. The van der Waals surface area contributed by atoms with E-state index in [1.54, 1.807) is 17.9 Å². The summed E-state index contributed by atoms with van der Waals surface area (Å²) >= 11 is 0. The number of likely N-dealkylation sites (N-methyl/N-ethyl adjacent to an activating group) is 1. The fraction of sp³-hybridized carbons (Fsp3) is 0.300. The molecule has 16 heavy (non-hydrogen) atoms. The minimum absolute atomic E-state index is 0.0404. The molecule has 1 aromatic carbocycles. The molecule has 1 rings (SSSR count). The topological polar surface area (TPSA) is 83.7 Å². The minimum atomic E-state index is -0.964. The van der Waals surface area contributed by atoms with Crippen molar-refractivity contribution in [3.8, 4) is 0 Å². The monoisotopic (exact) mass is 224 g/mol. The maximum atomic E-state index is 10.6. The van der Waals surface area contributed by atoms with E-state index in [0.29, 0.717) is 12.2 Å². The average Bonchev–Trinajstić information content (AvgIpc) is 2.25. The van der Waals surface area contributed by atoms with Gasteiger partial charge in [-0.3, -0.25) is 14.9 Å². The summed E-state index contributed by atoms with van der Waals surface area (Å²) in [5.74, 6) is -0.964. The van der Waals surface area contributed by atoms with Crippen molar-refractivity contribution in [3.63, 3.8) is 0 Å². The zero-order chi connectivity index (χ0) is 12.1. The van der Waals surface area contributed by atoms with Gasteiger partial charge in [-0.25, -0.2) is 0 Å². The number of carbonyl (C=O) groups is 1. The van der Waals surface area contributed by atoms with E-state index >= 15 is 0 Å². The second kappa shape index (κ2) is 5.11. The fourth-order valence-electron chi connectivity index (χ4n) is 1.35. The molecule has 0 heterocycles. The van der Waals surface area contributed by atoms with E-state index in [0.717, 1.165) is 0 Å². The number of aliphatic carboxylic acids is 1. The molecule has 0 fully saturated rings. The number of carboxylic acid groups (broad SMARTS) is 1. The second-order valence-corrected chi connectivity index (χ2v) is 3.18. The Labute approximate surface area is 92.3 Å². The smallest absolute Gasteiger partial charge is 0.323 e. The van der Waals surface area contributed by atoms with E-state index in [9.17, 15) is 14.9 Å². The molecule has 0 aliphatic carbocycles. The second-order valence-electron chi connectivity index (χ2n) is 3.18. The molecular weight excluding hydrogens is 212 g/mol. The Balaban J connectivity index is 2.96. The first-order chi connectivity index (χ1) is 7.54. The van der Waals surface area contributed by atoms with Crippen LogP contribution in [0, 0.1) is 10.1 Å². The standard InChI is InChI=1S/C10H12N2O4/c1-2-11(7-10(13)14)8-4-3-5-9(6-8)12(15)16/h3-6H,2,7H2,1H3,(H,13,14). The summed E-state index contributed by atoms with van der Waals surface area (Å²) in [6.45, 7) is 2.10. The molecule has 86 valence electrons. The van der Waals surface area contributed by atoms with Gasteiger partial charge in [0.2, 0.25) is 0 Å². The van der Waals surface area contributed by atoms with Crippen LogP contribution in [0.1, 0.15) is 6.92 Å². The van der Waals surface area contributed by atoms with Crippen molar-refractivity contribution in [1.29, 1.82) is 0 Å². The summed E-state index contributed by atoms with van der Waals surface area (Å²) in [4.78, 5) is 22.2. The number of anilines is 1. The molecule has 6 heteroatoms. The maximum absolute atomic E-state index is 10.6. The number of non-ortho nitro benzene ring substituents is 1. The lowest BCUT2D eigenvalue weighted by molar-refractivity contribution is -0.384. The Kier molecular flexibility index (Phi) is 3.82. The van der Waals surface area contributed by atoms with Crippen molar-refractivity contribution in [2.45, 2.75) is 6.92 Å². The molecule has 0 saturated heterocycles. The molecule has 0 radical (unpaired) electrons. The highest BCUT2D eigenvalue weighted by molar-refractivity contribution is 5.74. The van der Waals surface area contributed by atoms with Crippen LogP contribution in [0.5, 0.6) is 0 Å². The maximum Gasteiger partial charge on any atom is 0.323 e. The van der Waals surface area contributed by atoms with Crippen molar-refractivity contribution < 1.29 is 14.8 Å². The average molecular weight is 224 g/mol. The number of rotatable bonds is 5. The van der Waals surface area contributed by atoms with E-state index in [-0.39, 0.29) is 12.2 Å². The van der Waals surface area contributed by atoms with E-state index in [1.807, 2.05) is 0 Å². The Morgan fingerprint density at radius 2 is 2.25 bits per heavy atom. The van der Waals surface area contributed by atoms with Gasteiger partial charge in [0.1, 0.15) is 6.54 Å². The number of hydrogen-bond acceptors (Lipinski definition) is 4. The third-order valence-electron chi connectivity index (χ3n) is 2.11. The molecule has 0 saturated carbocycles. The molecule has 0 aliphatic rings. The van der Waals surface area contributed by atoms with Crippen LogP contribution < -0.4 is 4.90 Å². The normalized spacial score (nSPS) is 9.81. The molecule has 1 aromatic rings. The van der Waals surface area contributed by atoms with Gasteiger partial charge in [0.05, 0.1) is 4.92 Å². The third kappa shape index (κ3) is 2.94. The molecule has 0 aliphatic heterocycles. The molecule has 0 spiro atoms. The number of hydrogen-bond donors (Lipinski definition) is 1. The predicted molar refractivity (Wildman–Crippen MR) is 58.6 cm³/mol. The molecule has 0 atom stereocenters. The van der Waals surface area contributed by atoms with Gasteiger partial charge in [-0.2, -0.15) is 0 Å². The van der Waals surface area contributed by atoms with Crippen molar-refractivity contribution in [3.05, 3.63) is 34.4 Å². The molecule has 0 aromatic heterocycles.